The van der Waals surface area contributed by atoms with Gasteiger partial charge in [-0.1, -0.05) is 5.21 Å². The van der Waals surface area contributed by atoms with Gasteiger partial charge in [0.1, 0.15) is 6.10 Å². The summed E-state index contributed by atoms with van der Waals surface area (Å²) in [5, 5.41) is 16.6. The van der Waals surface area contributed by atoms with Crippen molar-refractivity contribution in [2.24, 2.45) is 5.92 Å². The van der Waals surface area contributed by atoms with Gasteiger partial charge in [0.15, 0.2) is 5.69 Å². The zero-order chi connectivity index (χ0) is 22.5. The third-order valence-electron chi connectivity index (χ3n) is 5.81. The summed E-state index contributed by atoms with van der Waals surface area (Å²) in [7, 11) is 0. The lowest BCUT2D eigenvalue weighted by Gasteiger charge is -2.33. The summed E-state index contributed by atoms with van der Waals surface area (Å²) in [5.74, 6) is -0.0386. The Balaban J connectivity index is 1.33. The molecule has 1 aromatic heterocycles. The lowest BCUT2D eigenvalue weighted by atomic mass is 9.94. The van der Waals surface area contributed by atoms with Crippen LogP contribution in [0.5, 0.6) is 0 Å². The quantitative estimate of drug-likeness (QED) is 0.606. The normalized spacial score (nSPS) is 19.0. The van der Waals surface area contributed by atoms with Crippen LogP contribution in [0.1, 0.15) is 36.7 Å². The Morgan fingerprint density at radius 2 is 1.97 bits per heavy atom. The molecule has 2 saturated heterocycles. The first-order valence-corrected chi connectivity index (χ1v) is 10.8. The van der Waals surface area contributed by atoms with Gasteiger partial charge in [-0.05, 0) is 49.9 Å². The molecule has 1 atom stereocenters. The third-order valence-corrected chi connectivity index (χ3v) is 5.81. The Kier molecular flexibility index (Phi) is 6.54. The van der Waals surface area contributed by atoms with Gasteiger partial charge in [-0.2, -0.15) is 5.26 Å². The summed E-state index contributed by atoms with van der Waals surface area (Å²) in [6, 6.07) is 10.2. The molecular formula is C22H26N6O4. The maximum Gasteiger partial charge on any atom is 0.414 e. The molecule has 0 N–H and O–H groups in total. The van der Waals surface area contributed by atoms with Gasteiger partial charge in [0.25, 0.3) is 0 Å². The van der Waals surface area contributed by atoms with E-state index in [1.165, 1.54) is 10.9 Å². The van der Waals surface area contributed by atoms with Crippen LogP contribution >= 0.6 is 0 Å². The number of anilines is 2. The Morgan fingerprint density at radius 3 is 2.66 bits per heavy atom. The average molecular weight is 438 g/mol. The van der Waals surface area contributed by atoms with Crippen molar-refractivity contribution in [1.82, 2.24) is 15.0 Å². The van der Waals surface area contributed by atoms with Crippen LogP contribution in [0, 0.1) is 17.2 Å². The molecule has 10 nitrogen and oxygen atoms in total. The van der Waals surface area contributed by atoms with Gasteiger partial charge in [0.05, 0.1) is 32.0 Å². The molecule has 0 saturated carbocycles. The van der Waals surface area contributed by atoms with Crippen molar-refractivity contribution < 1.29 is 19.1 Å². The highest BCUT2D eigenvalue weighted by atomic mass is 16.6. The molecule has 2 aliphatic rings. The molecule has 1 aromatic carbocycles. The second-order valence-corrected chi connectivity index (χ2v) is 7.97. The van der Waals surface area contributed by atoms with Gasteiger partial charge in [-0.3, -0.25) is 4.90 Å². The van der Waals surface area contributed by atoms with Gasteiger partial charge in [0.2, 0.25) is 0 Å². The van der Waals surface area contributed by atoms with Crippen molar-refractivity contribution in [3.8, 4) is 6.07 Å². The van der Waals surface area contributed by atoms with Crippen molar-refractivity contribution in [1.29, 1.82) is 5.26 Å². The van der Waals surface area contributed by atoms with Crippen LogP contribution < -0.4 is 9.80 Å². The largest absolute Gasteiger partial charge is 0.461 e. The molecule has 168 valence electrons. The van der Waals surface area contributed by atoms with Crippen LogP contribution in [-0.4, -0.2) is 59.4 Å². The van der Waals surface area contributed by atoms with Crippen molar-refractivity contribution in [3.05, 3.63) is 36.2 Å². The average Bonchev–Trinajstić information content (AvgIpc) is 3.41. The monoisotopic (exact) mass is 438 g/mol. The summed E-state index contributed by atoms with van der Waals surface area (Å²) in [6.45, 7) is 4.53. The fourth-order valence-corrected chi connectivity index (χ4v) is 4.09. The first kappa shape index (κ1) is 21.6. The number of amides is 1. The first-order chi connectivity index (χ1) is 15.6. The maximum atomic E-state index is 12.4. The van der Waals surface area contributed by atoms with Crippen LogP contribution in [0.4, 0.5) is 16.2 Å². The Bertz CT molecular complexity index is 991. The molecule has 32 heavy (non-hydrogen) atoms. The number of benzene rings is 1. The van der Waals surface area contributed by atoms with Gasteiger partial charge < -0.3 is 14.4 Å². The van der Waals surface area contributed by atoms with Crippen molar-refractivity contribution in [2.45, 2.75) is 38.8 Å². The molecule has 2 aromatic rings. The van der Waals surface area contributed by atoms with Gasteiger partial charge in [-0.15, -0.1) is 5.10 Å². The molecule has 1 amide bonds. The van der Waals surface area contributed by atoms with Gasteiger partial charge in [-0.25, -0.2) is 14.3 Å². The molecule has 0 bridgehead atoms. The summed E-state index contributed by atoms with van der Waals surface area (Å²) >= 11 is 0. The molecule has 0 spiro atoms. The number of hydrogen-bond donors (Lipinski definition) is 0. The van der Waals surface area contributed by atoms with Crippen LogP contribution in [-0.2, 0) is 16.0 Å². The van der Waals surface area contributed by atoms with Crippen molar-refractivity contribution in [2.75, 3.05) is 36.0 Å². The second-order valence-electron chi connectivity index (χ2n) is 7.97. The van der Waals surface area contributed by atoms with Crippen LogP contribution in [0.2, 0.25) is 0 Å². The number of nitrogens with zero attached hydrogens (tertiary/aromatic N) is 6. The molecule has 0 aliphatic carbocycles. The van der Waals surface area contributed by atoms with Gasteiger partial charge in [0, 0.05) is 30.9 Å². The van der Waals surface area contributed by atoms with Gasteiger partial charge >= 0.3 is 12.1 Å². The molecule has 2 fully saturated rings. The molecule has 10 heteroatoms. The number of ether oxygens (including phenoxy) is 2. The van der Waals surface area contributed by atoms with Crippen LogP contribution in [0.3, 0.4) is 0 Å². The Hall–Kier alpha value is -3.61. The molecule has 2 aliphatic heterocycles. The topological polar surface area (TPSA) is 114 Å². The smallest absolute Gasteiger partial charge is 0.414 e. The van der Waals surface area contributed by atoms with Crippen molar-refractivity contribution >= 4 is 23.4 Å². The summed E-state index contributed by atoms with van der Waals surface area (Å²) in [4.78, 5) is 28.0. The third kappa shape index (κ3) is 4.82. The predicted octanol–water partition coefficient (Wildman–Crippen LogP) is 2.61. The zero-order valence-corrected chi connectivity index (χ0v) is 18.0. The number of nitriles is 1. The first-order valence-electron chi connectivity index (χ1n) is 10.8. The maximum absolute atomic E-state index is 12.4. The summed E-state index contributed by atoms with van der Waals surface area (Å²) in [5.41, 5.74) is 2.01. The minimum atomic E-state index is -0.529. The van der Waals surface area contributed by atoms with E-state index in [9.17, 15) is 9.59 Å². The standard InChI is InChI=1S/C22H26N6O4/c1-2-31-21(29)20-15-27(25-24-20)13-19-14-28(22(30)32-19)18-5-3-17(4-6-18)26-11-8-16(7-10-23)9-12-26/h3-6,15-16,19H,2,7-9,11-14H2,1H3. The van der Waals surface area contributed by atoms with Crippen molar-refractivity contribution in [3.63, 3.8) is 0 Å². The number of piperidine rings is 1. The molecule has 0 radical (unpaired) electrons. The lowest BCUT2D eigenvalue weighted by molar-refractivity contribution is 0.0519. The van der Waals surface area contributed by atoms with Crippen LogP contribution in [0.15, 0.2) is 30.5 Å². The SMILES string of the molecule is CCOC(=O)c1cn(CC2CN(c3ccc(N4CCC(CC#N)CC4)cc3)C(=O)O2)nn1. The highest BCUT2D eigenvalue weighted by Gasteiger charge is 2.33. The molecule has 4 rings (SSSR count). The fourth-order valence-electron chi connectivity index (χ4n) is 4.09. The summed E-state index contributed by atoms with van der Waals surface area (Å²) < 4.78 is 11.9. The number of aromatic nitrogens is 3. The summed E-state index contributed by atoms with van der Waals surface area (Å²) in [6.07, 6.45) is 3.35. The van der Waals surface area contributed by atoms with Crippen LogP contribution in [0.25, 0.3) is 0 Å². The van der Waals surface area contributed by atoms with E-state index < -0.39 is 18.2 Å². The Labute approximate surface area is 186 Å². The van der Waals surface area contributed by atoms with E-state index in [-0.39, 0.29) is 12.3 Å². The minimum Gasteiger partial charge on any atom is -0.461 e. The number of carbonyl (C=O) groups excluding carboxylic acids is 2. The van der Waals surface area contributed by atoms with E-state index in [4.69, 9.17) is 14.7 Å². The number of esters is 1. The van der Waals surface area contributed by atoms with E-state index in [1.54, 1.807) is 11.8 Å². The highest BCUT2D eigenvalue weighted by molar-refractivity contribution is 5.90. The van der Waals surface area contributed by atoms with E-state index in [2.05, 4.69) is 21.3 Å². The van der Waals surface area contributed by atoms with E-state index in [0.717, 1.165) is 37.3 Å². The second kappa shape index (κ2) is 9.68. The number of hydrogen-bond acceptors (Lipinski definition) is 8. The minimum absolute atomic E-state index is 0.125. The number of carbonyl (C=O) groups is 2. The highest BCUT2D eigenvalue weighted by Crippen LogP contribution is 2.28. The number of cyclic esters (lactones) is 1. The fraction of sp³-hybridized carbons (Fsp3) is 0.500. The number of rotatable bonds is 7. The zero-order valence-electron chi connectivity index (χ0n) is 18.0. The Morgan fingerprint density at radius 1 is 1.25 bits per heavy atom. The lowest BCUT2D eigenvalue weighted by Crippen LogP contribution is -2.33. The molecular weight excluding hydrogens is 412 g/mol. The van der Waals surface area contributed by atoms with E-state index in [1.807, 2.05) is 24.3 Å². The molecule has 3 heterocycles. The molecule has 1 unspecified atom stereocenters. The van der Waals surface area contributed by atoms with E-state index >= 15 is 0 Å². The predicted molar refractivity (Wildman–Crippen MR) is 115 cm³/mol. The van der Waals surface area contributed by atoms with E-state index in [0.29, 0.717) is 25.4 Å².